The molecule has 18 heavy (non-hydrogen) atoms. The van der Waals surface area contributed by atoms with Crippen molar-refractivity contribution < 1.29 is 4.74 Å². The summed E-state index contributed by atoms with van der Waals surface area (Å²) in [5, 5.41) is 0. The van der Waals surface area contributed by atoms with Crippen molar-refractivity contribution in [2.24, 2.45) is 5.73 Å². The zero-order chi connectivity index (χ0) is 13.8. The number of hydrogen-bond donors (Lipinski definition) is 1. The highest BCUT2D eigenvalue weighted by Crippen LogP contribution is 2.23. The molecule has 102 valence electrons. The predicted octanol–water partition coefficient (Wildman–Crippen LogP) is 2.08. The van der Waals surface area contributed by atoms with E-state index in [-0.39, 0.29) is 5.54 Å². The Labute approximate surface area is 111 Å². The first kappa shape index (κ1) is 15.0. The molecule has 0 bridgehead atoms. The molecule has 3 heteroatoms. The zero-order valence-corrected chi connectivity index (χ0v) is 12.3. The molecule has 0 atom stereocenters. The van der Waals surface area contributed by atoms with Crippen LogP contribution in [0.25, 0.3) is 0 Å². The molecule has 1 aromatic rings. The third kappa shape index (κ3) is 5.07. The van der Waals surface area contributed by atoms with Gasteiger partial charge < -0.3 is 15.4 Å². The Hall–Kier alpha value is -1.06. The average Bonchev–Trinajstić information content (AvgIpc) is 2.24. The molecule has 1 rings (SSSR count). The van der Waals surface area contributed by atoms with E-state index in [1.807, 2.05) is 19.9 Å². The lowest BCUT2D eigenvalue weighted by Crippen LogP contribution is -2.34. The van der Waals surface area contributed by atoms with Crippen LogP contribution in [0, 0.1) is 0 Å². The summed E-state index contributed by atoms with van der Waals surface area (Å²) in [4.78, 5) is 2.19. The fraction of sp³-hybridized carbons (Fsp3) is 0.600. The van der Waals surface area contributed by atoms with Gasteiger partial charge in [-0.15, -0.1) is 0 Å². The topological polar surface area (TPSA) is 38.5 Å². The summed E-state index contributed by atoms with van der Waals surface area (Å²) in [5.74, 6) is 0.933. The Morgan fingerprint density at radius 1 is 1.28 bits per heavy atom. The second kappa shape index (κ2) is 6.21. The summed E-state index contributed by atoms with van der Waals surface area (Å²) < 4.78 is 5.41. The Morgan fingerprint density at radius 3 is 2.44 bits per heavy atom. The molecule has 0 spiro atoms. The summed E-state index contributed by atoms with van der Waals surface area (Å²) in [6.07, 6.45) is 1.88. The molecule has 0 fully saturated rings. The SMILES string of the molecule is COc1ccc(CCN(C)C)cc1CC(C)(C)N. The molecular formula is C15H26N2O. The van der Waals surface area contributed by atoms with Crippen LogP contribution in [0.1, 0.15) is 25.0 Å². The van der Waals surface area contributed by atoms with Gasteiger partial charge >= 0.3 is 0 Å². The second-order valence-electron chi connectivity index (χ2n) is 5.86. The Balaban J connectivity index is 2.87. The lowest BCUT2D eigenvalue weighted by Gasteiger charge is -2.21. The van der Waals surface area contributed by atoms with Gasteiger partial charge in [-0.3, -0.25) is 0 Å². The van der Waals surface area contributed by atoms with Crippen LogP contribution in [-0.2, 0) is 12.8 Å². The van der Waals surface area contributed by atoms with Gasteiger partial charge in [0.25, 0.3) is 0 Å². The summed E-state index contributed by atoms with van der Waals surface area (Å²) in [6, 6.07) is 6.40. The predicted molar refractivity (Wildman–Crippen MR) is 77.2 cm³/mol. The number of nitrogens with zero attached hydrogens (tertiary/aromatic N) is 1. The summed E-state index contributed by atoms with van der Waals surface area (Å²) in [6.45, 7) is 5.13. The van der Waals surface area contributed by atoms with E-state index in [4.69, 9.17) is 10.5 Å². The van der Waals surface area contributed by atoms with Crippen LogP contribution in [0.15, 0.2) is 18.2 Å². The first-order valence-electron chi connectivity index (χ1n) is 6.41. The van der Waals surface area contributed by atoms with Crippen LogP contribution >= 0.6 is 0 Å². The molecule has 0 radical (unpaired) electrons. The van der Waals surface area contributed by atoms with Gasteiger partial charge in [-0.1, -0.05) is 12.1 Å². The molecule has 0 heterocycles. The van der Waals surface area contributed by atoms with Crippen LogP contribution in [0.3, 0.4) is 0 Å². The minimum atomic E-state index is -0.215. The van der Waals surface area contributed by atoms with Crippen molar-refractivity contribution in [3.05, 3.63) is 29.3 Å². The van der Waals surface area contributed by atoms with Crippen molar-refractivity contribution >= 4 is 0 Å². The van der Waals surface area contributed by atoms with Crippen LogP contribution in [-0.4, -0.2) is 38.2 Å². The van der Waals surface area contributed by atoms with Crippen molar-refractivity contribution in [1.29, 1.82) is 0 Å². The third-order valence-electron chi connectivity index (χ3n) is 2.84. The first-order valence-corrected chi connectivity index (χ1v) is 6.41. The maximum absolute atomic E-state index is 6.10. The van der Waals surface area contributed by atoms with E-state index in [0.29, 0.717) is 0 Å². The molecule has 0 aliphatic carbocycles. The molecular weight excluding hydrogens is 224 g/mol. The molecule has 0 amide bonds. The fourth-order valence-electron chi connectivity index (χ4n) is 1.97. The Kier molecular flexibility index (Phi) is 5.17. The average molecular weight is 250 g/mol. The molecule has 0 saturated heterocycles. The van der Waals surface area contributed by atoms with Crippen molar-refractivity contribution in [1.82, 2.24) is 4.90 Å². The van der Waals surface area contributed by atoms with Gasteiger partial charge in [0.2, 0.25) is 0 Å². The van der Waals surface area contributed by atoms with E-state index < -0.39 is 0 Å². The lowest BCUT2D eigenvalue weighted by molar-refractivity contribution is 0.400. The molecule has 0 unspecified atom stereocenters. The fourth-order valence-corrected chi connectivity index (χ4v) is 1.97. The van der Waals surface area contributed by atoms with Crippen LogP contribution in [0.2, 0.25) is 0 Å². The van der Waals surface area contributed by atoms with E-state index in [9.17, 15) is 0 Å². The maximum atomic E-state index is 6.10. The smallest absolute Gasteiger partial charge is 0.122 e. The molecule has 2 N–H and O–H groups in total. The Bertz CT molecular complexity index is 381. The number of hydrogen-bond acceptors (Lipinski definition) is 3. The van der Waals surface area contributed by atoms with Crippen molar-refractivity contribution in [3.63, 3.8) is 0 Å². The third-order valence-corrected chi connectivity index (χ3v) is 2.84. The van der Waals surface area contributed by atoms with Crippen molar-refractivity contribution in [2.75, 3.05) is 27.7 Å². The van der Waals surface area contributed by atoms with Gasteiger partial charge in [0.05, 0.1) is 7.11 Å². The van der Waals surface area contributed by atoms with E-state index >= 15 is 0 Å². The molecule has 0 aliphatic rings. The molecule has 3 nitrogen and oxygen atoms in total. The lowest BCUT2D eigenvalue weighted by atomic mass is 9.94. The highest BCUT2D eigenvalue weighted by molar-refractivity contribution is 5.38. The highest BCUT2D eigenvalue weighted by Gasteiger charge is 2.15. The summed E-state index contributed by atoms with van der Waals surface area (Å²) >= 11 is 0. The molecule has 0 saturated carbocycles. The van der Waals surface area contributed by atoms with E-state index in [1.165, 1.54) is 11.1 Å². The van der Waals surface area contributed by atoms with Gasteiger partial charge in [-0.05, 0) is 58.0 Å². The number of methoxy groups -OCH3 is 1. The van der Waals surface area contributed by atoms with Gasteiger partial charge in [0.15, 0.2) is 0 Å². The minimum Gasteiger partial charge on any atom is -0.496 e. The standard InChI is InChI=1S/C15H26N2O/c1-15(2,16)11-13-10-12(8-9-17(3)4)6-7-14(13)18-5/h6-7,10H,8-9,11,16H2,1-5H3. The number of likely N-dealkylation sites (N-methyl/N-ethyl adjacent to an activating group) is 1. The van der Waals surface area contributed by atoms with Gasteiger partial charge in [-0.2, -0.15) is 0 Å². The number of benzene rings is 1. The van der Waals surface area contributed by atoms with Crippen molar-refractivity contribution in [2.45, 2.75) is 32.2 Å². The molecule has 0 aliphatic heterocycles. The second-order valence-corrected chi connectivity index (χ2v) is 5.86. The number of ether oxygens (including phenoxy) is 1. The number of rotatable bonds is 6. The monoisotopic (exact) mass is 250 g/mol. The minimum absolute atomic E-state index is 0.215. The van der Waals surface area contributed by atoms with E-state index in [2.05, 4.69) is 31.1 Å². The maximum Gasteiger partial charge on any atom is 0.122 e. The van der Waals surface area contributed by atoms with Gasteiger partial charge in [0, 0.05) is 12.1 Å². The number of nitrogens with two attached hydrogens (primary N) is 1. The highest BCUT2D eigenvalue weighted by atomic mass is 16.5. The van der Waals surface area contributed by atoms with Crippen LogP contribution in [0.4, 0.5) is 0 Å². The van der Waals surface area contributed by atoms with Crippen LogP contribution in [0.5, 0.6) is 5.75 Å². The quantitative estimate of drug-likeness (QED) is 0.840. The van der Waals surface area contributed by atoms with Gasteiger partial charge in [-0.25, -0.2) is 0 Å². The van der Waals surface area contributed by atoms with Crippen LogP contribution < -0.4 is 10.5 Å². The van der Waals surface area contributed by atoms with Gasteiger partial charge in [0.1, 0.15) is 5.75 Å². The van der Waals surface area contributed by atoms with E-state index in [1.54, 1.807) is 7.11 Å². The zero-order valence-electron chi connectivity index (χ0n) is 12.3. The molecule has 1 aromatic carbocycles. The normalized spacial score (nSPS) is 11.9. The van der Waals surface area contributed by atoms with Crippen molar-refractivity contribution in [3.8, 4) is 5.75 Å². The summed E-state index contributed by atoms with van der Waals surface area (Å²) in [7, 11) is 5.89. The molecule has 0 aromatic heterocycles. The Morgan fingerprint density at radius 2 is 1.94 bits per heavy atom. The van der Waals surface area contributed by atoms with E-state index in [0.717, 1.165) is 25.1 Å². The summed E-state index contributed by atoms with van der Waals surface area (Å²) in [5.41, 5.74) is 8.42. The largest absolute Gasteiger partial charge is 0.496 e. The first-order chi connectivity index (χ1) is 8.31.